The highest BCUT2D eigenvalue weighted by atomic mass is 32.2. The number of hydrogen-bond acceptors (Lipinski definition) is 6. The number of nitrogens with one attached hydrogen (secondary N) is 2. The second-order valence-corrected chi connectivity index (χ2v) is 10.3. The van der Waals surface area contributed by atoms with Crippen molar-refractivity contribution in [2.24, 2.45) is 5.92 Å². The highest BCUT2D eigenvalue weighted by Gasteiger charge is 2.45. The number of carbonyl (C=O) groups is 2. The monoisotopic (exact) mass is 462 g/mol. The smallest absolute Gasteiger partial charge is 0.315 e. The molecule has 2 aromatic carbocycles. The molecule has 0 radical (unpaired) electrons. The molecule has 0 aromatic heterocycles. The lowest BCUT2D eigenvalue weighted by Gasteiger charge is -2.38. The minimum Gasteiger partial charge on any atom is -0.466 e. The van der Waals surface area contributed by atoms with Gasteiger partial charge in [-0.1, -0.05) is 24.3 Å². The largest absolute Gasteiger partial charge is 0.466 e. The molecule has 0 spiro atoms. The molecule has 0 saturated carbocycles. The predicted molar refractivity (Wildman–Crippen MR) is 120 cm³/mol. The number of esters is 1. The Morgan fingerprint density at radius 1 is 1.13 bits per heavy atom. The predicted octanol–water partition coefficient (Wildman–Crippen LogP) is 3.09. The number of sulfone groups is 1. The van der Waals surface area contributed by atoms with Gasteiger partial charge in [0.25, 0.3) is 0 Å². The average Bonchev–Trinajstić information content (AvgIpc) is 2.73. The molecule has 2 N–H and O–H groups in total. The van der Waals surface area contributed by atoms with Crippen LogP contribution < -0.4 is 10.6 Å². The first kappa shape index (κ1) is 23.1. The number of ether oxygens (including phenoxy) is 1. The van der Waals surface area contributed by atoms with Gasteiger partial charge in [-0.15, -0.1) is 11.8 Å². The van der Waals surface area contributed by atoms with Gasteiger partial charge in [0.15, 0.2) is 9.84 Å². The third-order valence-electron chi connectivity index (χ3n) is 5.15. The molecule has 1 aliphatic heterocycles. The van der Waals surface area contributed by atoms with Gasteiger partial charge in [0, 0.05) is 4.90 Å². The van der Waals surface area contributed by atoms with Crippen molar-refractivity contribution in [2.75, 3.05) is 18.6 Å². The van der Waals surface area contributed by atoms with E-state index in [1.54, 1.807) is 19.1 Å². The van der Waals surface area contributed by atoms with Crippen LogP contribution in [0, 0.1) is 12.8 Å². The molecule has 2 amide bonds. The van der Waals surface area contributed by atoms with Gasteiger partial charge in [0.05, 0.1) is 29.3 Å². The number of benzene rings is 2. The van der Waals surface area contributed by atoms with Crippen LogP contribution in [-0.2, 0) is 19.4 Å². The zero-order valence-corrected chi connectivity index (χ0v) is 19.3. The first-order valence-corrected chi connectivity index (χ1v) is 12.8. The first-order valence-electron chi connectivity index (χ1n) is 9.92. The van der Waals surface area contributed by atoms with Crippen LogP contribution in [0.4, 0.5) is 4.79 Å². The molecule has 1 aliphatic rings. The van der Waals surface area contributed by atoms with Crippen molar-refractivity contribution in [1.82, 2.24) is 10.6 Å². The van der Waals surface area contributed by atoms with Crippen molar-refractivity contribution in [3.8, 4) is 0 Å². The average molecular weight is 463 g/mol. The molecule has 3 atom stereocenters. The normalized spacial score (nSPS) is 21.1. The van der Waals surface area contributed by atoms with Crippen LogP contribution in [0.5, 0.6) is 0 Å². The third kappa shape index (κ3) is 5.40. The van der Waals surface area contributed by atoms with E-state index in [4.69, 9.17) is 4.74 Å². The summed E-state index contributed by atoms with van der Waals surface area (Å²) in [5, 5.41) is 5.42. The number of aryl methyl sites for hydroxylation is 1. The minimum atomic E-state index is -3.76. The van der Waals surface area contributed by atoms with Crippen molar-refractivity contribution in [3.05, 3.63) is 59.7 Å². The Bertz CT molecular complexity index is 1070. The molecule has 1 heterocycles. The fourth-order valence-electron chi connectivity index (χ4n) is 3.71. The first-order chi connectivity index (χ1) is 14.7. The maximum atomic E-state index is 13.1. The summed E-state index contributed by atoms with van der Waals surface area (Å²) in [6, 6.07) is 11.9. The van der Waals surface area contributed by atoms with Crippen molar-refractivity contribution < 1.29 is 22.7 Å². The number of hydrogen-bond donors (Lipinski definition) is 2. The van der Waals surface area contributed by atoms with Crippen LogP contribution in [-0.4, -0.2) is 45.1 Å². The molecule has 0 bridgehead atoms. The number of amides is 2. The minimum absolute atomic E-state index is 0.151. The molecule has 9 heteroatoms. The van der Waals surface area contributed by atoms with Gasteiger partial charge in [0.2, 0.25) is 0 Å². The van der Waals surface area contributed by atoms with Gasteiger partial charge in [-0.25, -0.2) is 13.2 Å². The Labute approximate surface area is 186 Å². The van der Waals surface area contributed by atoms with Crippen LogP contribution in [0.1, 0.15) is 24.1 Å². The van der Waals surface area contributed by atoms with E-state index >= 15 is 0 Å². The van der Waals surface area contributed by atoms with Crippen LogP contribution in [0.2, 0.25) is 0 Å². The topological polar surface area (TPSA) is 102 Å². The maximum Gasteiger partial charge on any atom is 0.315 e. The Morgan fingerprint density at radius 2 is 1.87 bits per heavy atom. The Balaban J connectivity index is 2.00. The molecular formula is C22H26N2O5S2. The molecule has 3 rings (SSSR count). The molecule has 31 heavy (non-hydrogen) atoms. The zero-order valence-electron chi connectivity index (χ0n) is 17.6. The Kier molecular flexibility index (Phi) is 7.27. The van der Waals surface area contributed by atoms with Gasteiger partial charge in [-0.3, -0.25) is 4.79 Å². The van der Waals surface area contributed by atoms with Crippen LogP contribution in [0.3, 0.4) is 0 Å². The number of carbonyl (C=O) groups excluding carboxylic acids is 2. The summed E-state index contributed by atoms with van der Waals surface area (Å²) in [5.41, 5.74) is 1.53. The van der Waals surface area contributed by atoms with E-state index in [2.05, 4.69) is 10.6 Å². The highest BCUT2D eigenvalue weighted by Crippen LogP contribution is 2.32. The second-order valence-electron chi connectivity index (χ2n) is 7.35. The lowest BCUT2D eigenvalue weighted by atomic mass is 9.86. The van der Waals surface area contributed by atoms with Crippen molar-refractivity contribution in [2.45, 2.75) is 35.7 Å². The number of rotatable bonds is 7. The Morgan fingerprint density at radius 3 is 2.55 bits per heavy atom. The number of urea groups is 1. The summed E-state index contributed by atoms with van der Waals surface area (Å²) in [6.07, 6.45) is 1.93. The Hall–Kier alpha value is -2.52. The highest BCUT2D eigenvalue weighted by molar-refractivity contribution is 7.98. The lowest BCUT2D eigenvalue weighted by Crippen LogP contribution is -2.60. The van der Waals surface area contributed by atoms with E-state index in [0.29, 0.717) is 0 Å². The van der Waals surface area contributed by atoms with Gasteiger partial charge in [-0.05, 0) is 55.5 Å². The molecule has 166 valence electrons. The summed E-state index contributed by atoms with van der Waals surface area (Å²) in [7, 11) is -3.76. The van der Waals surface area contributed by atoms with Crippen molar-refractivity contribution in [1.29, 1.82) is 0 Å². The molecule has 1 saturated heterocycles. The summed E-state index contributed by atoms with van der Waals surface area (Å²) < 4.78 is 31.5. The van der Waals surface area contributed by atoms with E-state index in [1.165, 1.54) is 17.8 Å². The molecule has 7 nitrogen and oxygen atoms in total. The lowest BCUT2D eigenvalue weighted by molar-refractivity contribution is -0.150. The molecular weight excluding hydrogens is 436 g/mol. The van der Waals surface area contributed by atoms with Crippen LogP contribution in [0.25, 0.3) is 0 Å². The SMILES string of the molecule is CCOC(=O)C1C(CS(=O)(=O)c2cccc(C)c2)NC(=O)NC1c1cccc(SC)c1. The van der Waals surface area contributed by atoms with E-state index in [9.17, 15) is 18.0 Å². The van der Waals surface area contributed by atoms with Crippen molar-refractivity contribution >= 4 is 33.6 Å². The molecule has 0 aliphatic carbocycles. The fraction of sp³-hybridized carbons (Fsp3) is 0.364. The van der Waals surface area contributed by atoms with Crippen LogP contribution in [0.15, 0.2) is 58.3 Å². The quantitative estimate of drug-likeness (QED) is 0.484. The summed E-state index contributed by atoms with van der Waals surface area (Å²) in [5.74, 6) is -1.88. The molecule has 1 fully saturated rings. The van der Waals surface area contributed by atoms with Gasteiger partial charge in [0.1, 0.15) is 5.92 Å². The number of thioether (sulfide) groups is 1. The van der Waals surface area contributed by atoms with Crippen molar-refractivity contribution in [3.63, 3.8) is 0 Å². The van der Waals surface area contributed by atoms with E-state index < -0.39 is 45.6 Å². The van der Waals surface area contributed by atoms with E-state index in [-0.39, 0.29) is 11.5 Å². The molecule has 3 unspecified atom stereocenters. The second kappa shape index (κ2) is 9.74. The standard InChI is InChI=1S/C22H26N2O5S2/c1-4-29-21(25)19-18(13-31(27,28)17-10-5-7-14(2)11-17)23-22(26)24-20(19)15-8-6-9-16(12-15)30-3/h5-12,18-20H,4,13H2,1-3H3,(H2,23,24,26). The van der Waals surface area contributed by atoms with E-state index in [0.717, 1.165) is 16.0 Å². The van der Waals surface area contributed by atoms with Gasteiger partial charge in [-0.2, -0.15) is 0 Å². The van der Waals surface area contributed by atoms with Crippen LogP contribution >= 0.6 is 11.8 Å². The summed E-state index contributed by atoms with van der Waals surface area (Å²) in [4.78, 5) is 26.5. The fourth-order valence-corrected chi connectivity index (χ4v) is 5.79. The molecule has 2 aromatic rings. The summed E-state index contributed by atoms with van der Waals surface area (Å²) in [6.45, 7) is 3.65. The van der Waals surface area contributed by atoms with Gasteiger partial charge < -0.3 is 15.4 Å². The van der Waals surface area contributed by atoms with E-state index in [1.807, 2.05) is 43.5 Å². The van der Waals surface area contributed by atoms with Gasteiger partial charge >= 0.3 is 12.0 Å². The third-order valence-corrected chi connectivity index (χ3v) is 7.65. The summed E-state index contributed by atoms with van der Waals surface area (Å²) >= 11 is 1.54. The maximum absolute atomic E-state index is 13.1. The zero-order chi connectivity index (χ0) is 22.6.